The van der Waals surface area contributed by atoms with Crippen molar-refractivity contribution in [1.82, 2.24) is 9.62 Å². The van der Waals surface area contributed by atoms with Gasteiger partial charge in [-0.05, 0) is 60.7 Å². The molecule has 1 aliphatic heterocycles. The predicted octanol–water partition coefficient (Wildman–Crippen LogP) is 4.17. The predicted molar refractivity (Wildman–Crippen MR) is 133 cm³/mol. The Morgan fingerprint density at radius 2 is 1.49 bits per heavy atom. The third-order valence-corrected chi connectivity index (χ3v) is 7.94. The maximum absolute atomic E-state index is 12.6. The number of sulfonamides is 1. The summed E-state index contributed by atoms with van der Waals surface area (Å²) in [5, 5.41) is 2.82. The summed E-state index contributed by atoms with van der Waals surface area (Å²) >= 11 is 0. The number of nitrogens with zero attached hydrogens (tertiary/aromatic N) is 1. The average Bonchev–Trinajstić information content (AvgIpc) is 3.44. The molecule has 4 rings (SSSR count). The van der Waals surface area contributed by atoms with Gasteiger partial charge in [0.05, 0.1) is 16.5 Å². The van der Waals surface area contributed by atoms with Crippen molar-refractivity contribution in [3.8, 4) is 11.1 Å². The minimum atomic E-state index is -3.55. The van der Waals surface area contributed by atoms with Crippen molar-refractivity contribution < 1.29 is 22.7 Å². The van der Waals surface area contributed by atoms with Crippen LogP contribution in [-0.4, -0.2) is 44.3 Å². The summed E-state index contributed by atoms with van der Waals surface area (Å²) in [5.41, 5.74) is 3.31. The van der Waals surface area contributed by atoms with E-state index in [0.717, 1.165) is 29.5 Å². The first-order valence-electron chi connectivity index (χ1n) is 11.6. The van der Waals surface area contributed by atoms with Crippen LogP contribution in [0.3, 0.4) is 0 Å². The van der Waals surface area contributed by atoms with Gasteiger partial charge in [0.25, 0.3) is 5.91 Å². The quantitative estimate of drug-likeness (QED) is 0.477. The number of nitrogens with one attached hydrogen (secondary N) is 1. The number of esters is 1. The summed E-state index contributed by atoms with van der Waals surface area (Å²) in [6.45, 7) is 2.45. The fourth-order valence-electron chi connectivity index (χ4n) is 4.02. The number of amides is 1. The highest BCUT2D eigenvalue weighted by Crippen LogP contribution is 2.23. The zero-order chi connectivity index (χ0) is 24.8. The zero-order valence-corrected chi connectivity index (χ0v) is 20.3. The van der Waals surface area contributed by atoms with Crippen LogP contribution in [-0.2, 0) is 19.6 Å². The Labute approximate surface area is 205 Å². The van der Waals surface area contributed by atoms with E-state index in [2.05, 4.69) is 5.32 Å². The van der Waals surface area contributed by atoms with Gasteiger partial charge in [0.15, 0.2) is 6.61 Å². The van der Waals surface area contributed by atoms with Gasteiger partial charge in [-0.1, -0.05) is 54.6 Å². The smallest absolute Gasteiger partial charge is 0.338 e. The van der Waals surface area contributed by atoms with Crippen LogP contribution < -0.4 is 5.32 Å². The molecule has 0 bridgehead atoms. The van der Waals surface area contributed by atoms with Crippen molar-refractivity contribution in [2.24, 2.45) is 0 Å². The van der Waals surface area contributed by atoms with Crippen LogP contribution in [0.1, 0.15) is 41.7 Å². The Bertz CT molecular complexity index is 1270. The normalized spacial score (nSPS) is 14.9. The monoisotopic (exact) mass is 492 g/mol. The van der Waals surface area contributed by atoms with Crippen molar-refractivity contribution in [3.05, 3.63) is 90.0 Å². The Balaban J connectivity index is 1.28. The average molecular weight is 493 g/mol. The van der Waals surface area contributed by atoms with Crippen LogP contribution in [0.4, 0.5) is 0 Å². The fraction of sp³-hybridized carbons (Fsp3) is 0.259. The van der Waals surface area contributed by atoms with Crippen molar-refractivity contribution >= 4 is 21.9 Å². The lowest BCUT2D eigenvalue weighted by Crippen LogP contribution is -2.31. The van der Waals surface area contributed by atoms with Crippen molar-refractivity contribution in [2.75, 3.05) is 19.7 Å². The summed E-state index contributed by atoms with van der Waals surface area (Å²) in [6.07, 6.45) is 1.70. The number of rotatable bonds is 8. The Morgan fingerprint density at radius 3 is 2.11 bits per heavy atom. The lowest BCUT2D eigenvalue weighted by atomic mass is 10.0. The molecule has 1 unspecified atom stereocenters. The maximum atomic E-state index is 12.6. The molecule has 1 aliphatic rings. The van der Waals surface area contributed by atoms with Gasteiger partial charge < -0.3 is 10.1 Å². The molecule has 182 valence electrons. The largest absolute Gasteiger partial charge is 0.452 e. The topological polar surface area (TPSA) is 92.8 Å². The summed E-state index contributed by atoms with van der Waals surface area (Å²) in [4.78, 5) is 24.8. The summed E-state index contributed by atoms with van der Waals surface area (Å²) in [5.74, 6) is -1.11. The van der Waals surface area contributed by atoms with E-state index < -0.39 is 28.5 Å². The van der Waals surface area contributed by atoms with Crippen LogP contribution in [0.25, 0.3) is 11.1 Å². The van der Waals surface area contributed by atoms with Crippen LogP contribution in [0.15, 0.2) is 83.8 Å². The summed E-state index contributed by atoms with van der Waals surface area (Å²) in [7, 11) is -3.55. The molecule has 1 amide bonds. The molecule has 1 N–H and O–H groups in total. The van der Waals surface area contributed by atoms with E-state index in [-0.39, 0.29) is 16.5 Å². The molecule has 1 atom stereocenters. The third-order valence-electron chi connectivity index (χ3n) is 6.02. The van der Waals surface area contributed by atoms with Gasteiger partial charge in [-0.3, -0.25) is 4.79 Å². The molecule has 0 aromatic heterocycles. The molecule has 7 nitrogen and oxygen atoms in total. The van der Waals surface area contributed by atoms with Crippen LogP contribution >= 0.6 is 0 Å². The van der Waals surface area contributed by atoms with Crippen molar-refractivity contribution in [2.45, 2.75) is 30.7 Å². The number of ether oxygens (including phenoxy) is 1. The number of carbonyl (C=O) groups is 2. The molecule has 1 heterocycles. The maximum Gasteiger partial charge on any atom is 0.338 e. The molecule has 0 aliphatic carbocycles. The molecule has 3 aromatic carbocycles. The number of carbonyl (C=O) groups excluding carboxylic acids is 2. The molecule has 1 fully saturated rings. The van der Waals surface area contributed by atoms with Gasteiger partial charge in [0, 0.05) is 13.1 Å². The minimum Gasteiger partial charge on any atom is -0.452 e. The van der Waals surface area contributed by atoms with Gasteiger partial charge >= 0.3 is 5.97 Å². The second-order valence-corrected chi connectivity index (χ2v) is 10.4. The summed E-state index contributed by atoms with van der Waals surface area (Å²) < 4.78 is 31.8. The first-order valence-corrected chi connectivity index (χ1v) is 13.0. The van der Waals surface area contributed by atoms with E-state index in [4.69, 9.17) is 4.74 Å². The van der Waals surface area contributed by atoms with Crippen LogP contribution in [0.5, 0.6) is 0 Å². The minimum absolute atomic E-state index is 0.140. The molecule has 3 aromatic rings. The highest BCUT2D eigenvalue weighted by Gasteiger charge is 2.27. The number of hydrogen-bond donors (Lipinski definition) is 1. The Kier molecular flexibility index (Phi) is 7.63. The van der Waals surface area contributed by atoms with Crippen LogP contribution in [0.2, 0.25) is 0 Å². The summed E-state index contributed by atoms with van der Waals surface area (Å²) in [6, 6.07) is 23.3. The van der Waals surface area contributed by atoms with Gasteiger partial charge in [-0.15, -0.1) is 0 Å². The van der Waals surface area contributed by atoms with E-state index in [0.29, 0.717) is 13.1 Å². The van der Waals surface area contributed by atoms with Crippen LogP contribution in [0, 0.1) is 0 Å². The van der Waals surface area contributed by atoms with E-state index in [1.165, 1.54) is 28.6 Å². The Morgan fingerprint density at radius 1 is 0.886 bits per heavy atom. The molecule has 1 saturated heterocycles. The second-order valence-electron chi connectivity index (χ2n) is 8.49. The van der Waals surface area contributed by atoms with Crippen molar-refractivity contribution in [1.29, 1.82) is 0 Å². The van der Waals surface area contributed by atoms with Gasteiger partial charge in [-0.25, -0.2) is 13.2 Å². The second kappa shape index (κ2) is 10.8. The SMILES string of the molecule is CC(NC(=O)COC(=O)c1ccc(S(=O)(=O)N2CCCC2)cc1)c1ccc(-c2ccccc2)cc1. The van der Waals surface area contributed by atoms with E-state index >= 15 is 0 Å². The highest BCUT2D eigenvalue weighted by atomic mass is 32.2. The molecular weight excluding hydrogens is 464 g/mol. The molecule has 35 heavy (non-hydrogen) atoms. The lowest BCUT2D eigenvalue weighted by molar-refractivity contribution is -0.124. The van der Waals surface area contributed by atoms with E-state index in [1.807, 2.05) is 61.5 Å². The highest BCUT2D eigenvalue weighted by molar-refractivity contribution is 7.89. The molecule has 0 spiro atoms. The van der Waals surface area contributed by atoms with E-state index in [1.54, 1.807) is 0 Å². The van der Waals surface area contributed by atoms with E-state index in [9.17, 15) is 18.0 Å². The van der Waals surface area contributed by atoms with Crippen molar-refractivity contribution in [3.63, 3.8) is 0 Å². The molecule has 0 saturated carbocycles. The molecular formula is C27H28N2O5S. The lowest BCUT2D eigenvalue weighted by Gasteiger charge is -2.16. The standard InChI is InChI=1S/C27H28N2O5S/c1-20(21-9-11-23(12-10-21)22-7-3-2-4-8-22)28-26(30)19-34-27(31)24-13-15-25(16-14-24)35(32,33)29-17-5-6-18-29/h2-4,7-16,20H,5-6,17-19H2,1H3,(H,28,30). The third kappa shape index (κ3) is 5.96. The Hall–Kier alpha value is -3.49. The first-order chi connectivity index (χ1) is 16.8. The zero-order valence-electron chi connectivity index (χ0n) is 19.5. The molecule has 0 radical (unpaired) electrons. The number of benzene rings is 3. The molecule has 8 heteroatoms. The van der Waals surface area contributed by atoms with Gasteiger partial charge in [0.1, 0.15) is 0 Å². The van der Waals surface area contributed by atoms with Gasteiger partial charge in [0.2, 0.25) is 10.0 Å². The first kappa shape index (κ1) is 24.6. The fourth-order valence-corrected chi connectivity index (χ4v) is 5.53. The van der Waals surface area contributed by atoms with Gasteiger partial charge in [-0.2, -0.15) is 4.31 Å². The number of hydrogen-bond acceptors (Lipinski definition) is 5.